The SMILES string of the molecule is CC/C=C\C/C=C\C/C=C\C/C=C\C/C=C\CCCCCC(=O)OCC(COC(=O)CCCCC/C=C\CCCCCCCC)OC(=O)CCCCCCC\C=C/C=C\C=C/C=C\CCCCC. The molecule has 0 aliphatic rings. The summed E-state index contributed by atoms with van der Waals surface area (Å²) in [6, 6.07) is 0. The maximum absolute atomic E-state index is 12.8. The van der Waals surface area contributed by atoms with Crippen LogP contribution in [0.5, 0.6) is 0 Å². The number of ether oxygens (including phenoxy) is 3. The van der Waals surface area contributed by atoms with Crippen LogP contribution in [0, 0.1) is 0 Å². The van der Waals surface area contributed by atoms with Crippen molar-refractivity contribution in [2.75, 3.05) is 13.2 Å². The molecule has 68 heavy (non-hydrogen) atoms. The van der Waals surface area contributed by atoms with Crippen molar-refractivity contribution >= 4 is 17.9 Å². The zero-order chi connectivity index (χ0) is 49.3. The Kier molecular flexibility index (Phi) is 52.0. The topological polar surface area (TPSA) is 78.9 Å². The van der Waals surface area contributed by atoms with Crippen molar-refractivity contribution in [3.8, 4) is 0 Å². The van der Waals surface area contributed by atoms with Crippen LogP contribution in [0.25, 0.3) is 0 Å². The van der Waals surface area contributed by atoms with Gasteiger partial charge in [-0.05, 0) is 116 Å². The van der Waals surface area contributed by atoms with Gasteiger partial charge in [0.1, 0.15) is 13.2 Å². The van der Waals surface area contributed by atoms with Crippen molar-refractivity contribution in [1.29, 1.82) is 0 Å². The molecule has 1 atom stereocenters. The highest BCUT2D eigenvalue weighted by Crippen LogP contribution is 2.13. The van der Waals surface area contributed by atoms with E-state index in [2.05, 4.69) is 142 Å². The van der Waals surface area contributed by atoms with E-state index in [1.807, 2.05) is 0 Å². The Balaban J connectivity index is 4.54. The number of rotatable bonds is 48. The van der Waals surface area contributed by atoms with Crippen molar-refractivity contribution in [1.82, 2.24) is 0 Å². The molecule has 0 N–H and O–H groups in total. The smallest absolute Gasteiger partial charge is 0.306 e. The maximum Gasteiger partial charge on any atom is 0.306 e. The number of hydrogen-bond donors (Lipinski definition) is 0. The van der Waals surface area contributed by atoms with E-state index in [0.717, 1.165) is 135 Å². The molecule has 0 aromatic rings. The third kappa shape index (κ3) is 52.8. The number of hydrogen-bond acceptors (Lipinski definition) is 6. The molecule has 0 bridgehead atoms. The standard InChI is InChI=1S/C62H100O6/c1-4-7-10-13-16-19-22-25-27-29-31-33-34-37-40-43-46-49-52-55-61(64)67-58-59(57-66-60(63)54-51-48-45-42-39-36-24-21-18-15-12-9-6-3)68-62(65)56-53-50-47-44-41-38-35-32-30-28-26-23-20-17-14-11-8-5-2/h7,10,16-17,19-20,23,25-28,30-33,35-37,39-40,59H,4-6,8-9,11-15,18,21-22,24,29,34,38,41-58H2,1-3H3/b10-7-,19-16-,20-17-,26-23-,27-25-,30-28-,33-31-,35-32-,39-36-,40-37-. The average Bonchev–Trinajstić information content (AvgIpc) is 3.34. The lowest BCUT2D eigenvalue weighted by Crippen LogP contribution is -2.30. The summed E-state index contributed by atoms with van der Waals surface area (Å²) in [4.78, 5) is 38.1. The van der Waals surface area contributed by atoms with Crippen molar-refractivity contribution in [3.63, 3.8) is 0 Å². The van der Waals surface area contributed by atoms with Gasteiger partial charge in [-0.25, -0.2) is 0 Å². The number of allylic oxidation sites excluding steroid dienone is 20. The van der Waals surface area contributed by atoms with Crippen LogP contribution in [0.1, 0.15) is 233 Å². The number of esters is 3. The zero-order valence-electron chi connectivity index (χ0n) is 43.8. The zero-order valence-corrected chi connectivity index (χ0v) is 43.8. The Morgan fingerprint density at radius 2 is 0.632 bits per heavy atom. The van der Waals surface area contributed by atoms with E-state index in [4.69, 9.17) is 14.2 Å². The molecule has 0 aliphatic carbocycles. The Morgan fingerprint density at radius 1 is 0.324 bits per heavy atom. The summed E-state index contributed by atoms with van der Waals surface area (Å²) in [7, 11) is 0. The molecule has 6 heteroatoms. The van der Waals surface area contributed by atoms with Gasteiger partial charge < -0.3 is 14.2 Å². The monoisotopic (exact) mass is 941 g/mol. The third-order valence-corrected chi connectivity index (χ3v) is 11.3. The molecule has 0 spiro atoms. The number of unbranched alkanes of at least 4 members (excludes halogenated alkanes) is 20. The first kappa shape index (κ1) is 63.8. The highest BCUT2D eigenvalue weighted by molar-refractivity contribution is 5.71. The normalized spacial score (nSPS) is 13.0. The Hall–Kier alpha value is -4.19. The molecule has 1 unspecified atom stereocenters. The van der Waals surface area contributed by atoms with Gasteiger partial charge in [0.05, 0.1) is 0 Å². The summed E-state index contributed by atoms with van der Waals surface area (Å²) < 4.78 is 16.8. The largest absolute Gasteiger partial charge is 0.462 e. The van der Waals surface area contributed by atoms with E-state index in [-0.39, 0.29) is 37.5 Å². The number of carbonyl (C=O) groups excluding carboxylic acids is 3. The fourth-order valence-corrected chi connectivity index (χ4v) is 7.12. The first-order valence-corrected chi connectivity index (χ1v) is 27.6. The van der Waals surface area contributed by atoms with E-state index in [1.54, 1.807) is 0 Å². The van der Waals surface area contributed by atoms with Crippen LogP contribution in [0.3, 0.4) is 0 Å². The first-order valence-electron chi connectivity index (χ1n) is 27.6. The summed E-state index contributed by atoms with van der Waals surface area (Å²) in [5.74, 6) is -0.985. The molecule has 0 fully saturated rings. The van der Waals surface area contributed by atoms with Crippen LogP contribution in [-0.4, -0.2) is 37.2 Å². The second-order valence-corrected chi connectivity index (χ2v) is 17.8. The molecule has 6 nitrogen and oxygen atoms in total. The van der Waals surface area contributed by atoms with Crippen molar-refractivity contribution in [2.24, 2.45) is 0 Å². The molecule has 384 valence electrons. The van der Waals surface area contributed by atoms with Gasteiger partial charge in [0.25, 0.3) is 0 Å². The van der Waals surface area contributed by atoms with Crippen LogP contribution in [0.2, 0.25) is 0 Å². The van der Waals surface area contributed by atoms with Gasteiger partial charge in [0.15, 0.2) is 6.10 Å². The second kappa shape index (κ2) is 55.4. The van der Waals surface area contributed by atoms with Gasteiger partial charge in [0.2, 0.25) is 0 Å². The molecule has 0 aliphatic heterocycles. The molecule has 0 saturated heterocycles. The molecule has 0 radical (unpaired) electrons. The van der Waals surface area contributed by atoms with Crippen LogP contribution < -0.4 is 0 Å². The predicted octanol–water partition coefficient (Wildman–Crippen LogP) is 18.5. The van der Waals surface area contributed by atoms with Gasteiger partial charge in [0, 0.05) is 19.3 Å². The fourth-order valence-electron chi connectivity index (χ4n) is 7.12. The summed E-state index contributed by atoms with van der Waals surface area (Å²) in [6.07, 6.45) is 76.0. The summed E-state index contributed by atoms with van der Waals surface area (Å²) in [6.45, 7) is 6.41. The summed E-state index contributed by atoms with van der Waals surface area (Å²) >= 11 is 0. The van der Waals surface area contributed by atoms with Gasteiger partial charge in [-0.15, -0.1) is 0 Å². The quantitative estimate of drug-likeness (QED) is 0.0199. The van der Waals surface area contributed by atoms with Crippen LogP contribution in [0.15, 0.2) is 122 Å². The van der Waals surface area contributed by atoms with Crippen LogP contribution in [-0.2, 0) is 28.6 Å². The molecule has 0 heterocycles. The molecule has 0 aromatic heterocycles. The lowest BCUT2D eigenvalue weighted by molar-refractivity contribution is -0.167. The third-order valence-electron chi connectivity index (χ3n) is 11.3. The van der Waals surface area contributed by atoms with E-state index in [1.165, 1.54) is 57.8 Å². The lowest BCUT2D eigenvalue weighted by atomic mass is 10.1. The average molecular weight is 941 g/mol. The highest BCUT2D eigenvalue weighted by atomic mass is 16.6. The fraction of sp³-hybridized carbons (Fsp3) is 0.629. The summed E-state index contributed by atoms with van der Waals surface area (Å²) in [5.41, 5.74) is 0. The maximum atomic E-state index is 12.8. The first-order chi connectivity index (χ1) is 33.5. The van der Waals surface area contributed by atoms with Crippen molar-refractivity contribution in [3.05, 3.63) is 122 Å². The van der Waals surface area contributed by atoms with E-state index < -0.39 is 6.10 Å². The van der Waals surface area contributed by atoms with E-state index >= 15 is 0 Å². The molecular formula is C62H100O6. The van der Waals surface area contributed by atoms with Crippen molar-refractivity contribution < 1.29 is 28.6 Å². The highest BCUT2D eigenvalue weighted by Gasteiger charge is 2.19. The van der Waals surface area contributed by atoms with E-state index in [0.29, 0.717) is 12.8 Å². The Labute approximate surface area is 418 Å². The van der Waals surface area contributed by atoms with Gasteiger partial charge in [-0.3, -0.25) is 14.4 Å². The van der Waals surface area contributed by atoms with Crippen LogP contribution in [0.4, 0.5) is 0 Å². The minimum Gasteiger partial charge on any atom is -0.462 e. The molecule has 0 amide bonds. The van der Waals surface area contributed by atoms with Crippen molar-refractivity contribution in [2.45, 2.75) is 239 Å². The van der Waals surface area contributed by atoms with Gasteiger partial charge in [-0.2, -0.15) is 0 Å². The Morgan fingerprint density at radius 3 is 1.09 bits per heavy atom. The van der Waals surface area contributed by atoms with Crippen LogP contribution >= 0.6 is 0 Å². The van der Waals surface area contributed by atoms with Gasteiger partial charge >= 0.3 is 17.9 Å². The molecule has 0 rings (SSSR count). The Bertz CT molecular complexity index is 1450. The lowest BCUT2D eigenvalue weighted by Gasteiger charge is -2.18. The summed E-state index contributed by atoms with van der Waals surface area (Å²) in [5, 5.41) is 0. The molecular weight excluding hydrogens is 841 g/mol. The molecule has 0 saturated carbocycles. The minimum absolute atomic E-state index is 0.110. The number of carbonyl (C=O) groups is 3. The predicted molar refractivity (Wildman–Crippen MR) is 293 cm³/mol. The van der Waals surface area contributed by atoms with E-state index in [9.17, 15) is 14.4 Å². The minimum atomic E-state index is -0.814. The second-order valence-electron chi connectivity index (χ2n) is 17.8. The van der Waals surface area contributed by atoms with Gasteiger partial charge in [-0.1, -0.05) is 219 Å². The molecule has 0 aromatic carbocycles.